The number of rotatable bonds is 3. The Hall–Kier alpha value is -1.26. The Labute approximate surface area is 96.5 Å². The highest BCUT2D eigenvalue weighted by Gasteiger charge is 2.03. The monoisotopic (exact) mass is 246 g/mol. The first kappa shape index (κ1) is 11.8. The zero-order chi connectivity index (χ0) is 11.3. The van der Waals surface area contributed by atoms with Gasteiger partial charge in [-0.05, 0) is 18.2 Å². The fraction of sp³-hybridized carbons (Fsp3) is 0.111. The van der Waals surface area contributed by atoms with Gasteiger partial charge in [-0.2, -0.15) is 0 Å². The zero-order valence-corrected chi connectivity index (χ0v) is 9.09. The third-order valence-corrected chi connectivity index (χ3v) is 2.30. The average Bonchev–Trinajstić information content (AvgIpc) is 2.20. The number of nitrogens with one attached hydrogen (secondary N) is 1. The van der Waals surface area contributed by atoms with E-state index in [1.54, 1.807) is 12.1 Å². The molecule has 1 amide bonds. The van der Waals surface area contributed by atoms with Crippen LogP contribution in [0.2, 0.25) is 10.0 Å². The molecule has 15 heavy (non-hydrogen) atoms. The normalized spacial score (nSPS) is 10.5. The fourth-order valence-electron chi connectivity index (χ4n) is 0.910. The molecule has 0 bridgehead atoms. The summed E-state index contributed by atoms with van der Waals surface area (Å²) in [5.74, 6) is -0.300. The van der Waals surface area contributed by atoms with Gasteiger partial charge in [0.1, 0.15) is 0 Å². The summed E-state index contributed by atoms with van der Waals surface area (Å²) in [6.07, 6.45) is 1.09. The molecule has 4 nitrogen and oxygen atoms in total. The molecular formula is C9H8Cl2N2O2. The van der Waals surface area contributed by atoms with Crippen LogP contribution in [0.5, 0.6) is 0 Å². The maximum atomic E-state index is 11.2. The number of amides is 1. The van der Waals surface area contributed by atoms with Crippen molar-refractivity contribution in [2.75, 3.05) is 5.32 Å². The third-order valence-electron chi connectivity index (χ3n) is 1.56. The topological polar surface area (TPSA) is 61.7 Å². The van der Waals surface area contributed by atoms with E-state index >= 15 is 0 Å². The summed E-state index contributed by atoms with van der Waals surface area (Å²) in [4.78, 5) is 11.2. The SMILES string of the molecule is O=C(C/C=N/O)Nc1ccc(Cl)c(Cl)c1. The van der Waals surface area contributed by atoms with E-state index in [1.807, 2.05) is 0 Å². The summed E-state index contributed by atoms with van der Waals surface area (Å²) in [6.45, 7) is 0. The number of carbonyl (C=O) groups is 1. The minimum absolute atomic E-state index is 0.00323. The van der Waals surface area contributed by atoms with Crippen molar-refractivity contribution in [2.45, 2.75) is 6.42 Å². The quantitative estimate of drug-likeness (QED) is 0.490. The van der Waals surface area contributed by atoms with Crippen molar-refractivity contribution in [2.24, 2.45) is 5.16 Å². The van der Waals surface area contributed by atoms with Gasteiger partial charge in [0, 0.05) is 5.69 Å². The van der Waals surface area contributed by atoms with Crippen molar-refractivity contribution in [1.82, 2.24) is 0 Å². The highest BCUT2D eigenvalue weighted by Crippen LogP contribution is 2.24. The average molecular weight is 247 g/mol. The first-order valence-corrected chi connectivity index (χ1v) is 4.80. The van der Waals surface area contributed by atoms with Gasteiger partial charge in [-0.25, -0.2) is 0 Å². The second-order valence-corrected chi connectivity index (χ2v) is 3.49. The van der Waals surface area contributed by atoms with Crippen LogP contribution in [0.1, 0.15) is 6.42 Å². The minimum Gasteiger partial charge on any atom is -0.411 e. The Bertz CT molecular complexity index is 394. The Morgan fingerprint density at radius 2 is 2.20 bits per heavy atom. The summed E-state index contributed by atoms with van der Waals surface area (Å²) in [7, 11) is 0. The number of hydrogen-bond acceptors (Lipinski definition) is 3. The molecule has 80 valence electrons. The van der Waals surface area contributed by atoms with E-state index in [1.165, 1.54) is 6.07 Å². The van der Waals surface area contributed by atoms with E-state index < -0.39 is 0 Å². The molecule has 0 aliphatic heterocycles. The maximum absolute atomic E-state index is 11.2. The zero-order valence-electron chi connectivity index (χ0n) is 7.58. The smallest absolute Gasteiger partial charge is 0.229 e. The molecule has 1 aromatic carbocycles. The summed E-state index contributed by atoms with van der Waals surface area (Å²) in [5, 5.41) is 14.2. The molecule has 6 heteroatoms. The van der Waals surface area contributed by atoms with Gasteiger partial charge in [0.15, 0.2) is 0 Å². The number of nitrogens with zero attached hydrogens (tertiary/aromatic N) is 1. The molecule has 0 saturated carbocycles. The van der Waals surface area contributed by atoms with Crippen LogP contribution in [0.15, 0.2) is 23.4 Å². The Kier molecular flexibility index (Phi) is 4.39. The maximum Gasteiger partial charge on any atom is 0.229 e. The van der Waals surface area contributed by atoms with Crippen molar-refractivity contribution in [3.05, 3.63) is 28.2 Å². The van der Waals surface area contributed by atoms with Crippen molar-refractivity contribution in [1.29, 1.82) is 0 Å². The number of oxime groups is 1. The van der Waals surface area contributed by atoms with Crippen LogP contribution in [-0.2, 0) is 4.79 Å². The van der Waals surface area contributed by atoms with E-state index in [2.05, 4.69) is 10.5 Å². The first-order chi connectivity index (χ1) is 7.13. The molecule has 0 radical (unpaired) electrons. The molecule has 2 N–H and O–H groups in total. The molecule has 1 aromatic rings. The largest absolute Gasteiger partial charge is 0.411 e. The summed E-state index contributed by atoms with van der Waals surface area (Å²) < 4.78 is 0. The van der Waals surface area contributed by atoms with Crippen LogP contribution in [0.25, 0.3) is 0 Å². The summed E-state index contributed by atoms with van der Waals surface area (Å²) in [6, 6.07) is 4.75. The number of benzene rings is 1. The number of carbonyl (C=O) groups excluding carboxylic acids is 1. The predicted molar refractivity (Wildman–Crippen MR) is 60.0 cm³/mol. The van der Waals surface area contributed by atoms with E-state index in [4.69, 9.17) is 28.4 Å². The molecule has 0 aromatic heterocycles. The lowest BCUT2D eigenvalue weighted by molar-refractivity contribution is -0.115. The third kappa shape index (κ3) is 3.77. The molecule has 0 unspecified atom stereocenters. The molecule has 0 aliphatic carbocycles. The van der Waals surface area contributed by atoms with Crippen molar-refractivity contribution in [3.8, 4) is 0 Å². The van der Waals surface area contributed by atoms with E-state index in [0.717, 1.165) is 6.21 Å². The van der Waals surface area contributed by atoms with Gasteiger partial charge in [-0.1, -0.05) is 23.2 Å². The van der Waals surface area contributed by atoms with Gasteiger partial charge in [0.05, 0.1) is 22.7 Å². The summed E-state index contributed by atoms with van der Waals surface area (Å²) >= 11 is 11.5. The van der Waals surface area contributed by atoms with Gasteiger partial charge in [-0.15, -0.1) is 5.16 Å². The number of halogens is 2. The van der Waals surface area contributed by atoms with E-state index in [9.17, 15) is 4.79 Å². The fourth-order valence-corrected chi connectivity index (χ4v) is 1.21. The van der Waals surface area contributed by atoms with E-state index in [-0.39, 0.29) is 12.3 Å². The predicted octanol–water partition coefficient (Wildman–Crippen LogP) is 2.78. The van der Waals surface area contributed by atoms with Crippen LogP contribution in [0.4, 0.5) is 5.69 Å². The molecule has 0 heterocycles. The molecular weight excluding hydrogens is 239 g/mol. The number of hydrogen-bond donors (Lipinski definition) is 2. The first-order valence-electron chi connectivity index (χ1n) is 4.04. The van der Waals surface area contributed by atoms with Crippen LogP contribution in [0, 0.1) is 0 Å². The van der Waals surface area contributed by atoms with Crippen molar-refractivity contribution < 1.29 is 10.0 Å². The van der Waals surface area contributed by atoms with Gasteiger partial charge in [-0.3, -0.25) is 4.79 Å². The van der Waals surface area contributed by atoms with Crippen LogP contribution in [-0.4, -0.2) is 17.3 Å². The van der Waals surface area contributed by atoms with Crippen molar-refractivity contribution >= 4 is 41.0 Å². The van der Waals surface area contributed by atoms with Gasteiger partial charge >= 0.3 is 0 Å². The highest BCUT2D eigenvalue weighted by atomic mass is 35.5. The van der Waals surface area contributed by atoms with Gasteiger partial charge in [0.2, 0.25) is 5.91 Å². The van der Waals surface area contributed by atoms with Crippen molar-refractivity contribution in [3.63, 3.8) is 0 Å². The van der Waals surface area contributed by atoms with E-state index in [0.29, 0.717) is 15.7 Å². The molecule has 0 atom stereocenters. The van der Waals surface area contributed by atoms with Crippen LogP contribution in [0.3, 0.4) is 0 Å². The standard InChI is InChI=1S/C9H8Cl2N2O2/c10-7-2-1-6(5-8(7)11)13-9(14)3-4-12-15/h1-2,4-5,15H,3H2,(H,13,14)/b12-4+. The van der Waals surface area contributed by atoms with Crippen LogP contribution < -0.4 is 5.32 Å². The highest BCUT2D eigenvalue weighted by molar-refractivity contribution is 6.42. The lowest BCUT2D eigenvalue weighted by Crippen LogP contribution is -2.11. The second kappa shape index (κ2) is 5.58. The molecule has 1 rings (SSSR count). The Morgan fingerprint density at radius 1 is 1.47 bits per heavy atom. The lowest BCUT2D eigenvalue weighted by Gasteiger charge is -2.04. The molecule has 0 aliphatic rings. The Balaban J connectivity index is 2.65. The molecule has 0 saturated heterocycles. The van der Waals surface area contributed by atoms with Gasteiger partial charge in [0.25, 0.3) is 0 Å². The summed E-state index contributed by atoms with van der Waals surface area (Å²) in [5.41, 5.74) is 0.542. The van der Waals surface area contributed by atoms with Crippen LogP contribution >= 0.6 is 23.2 Å². The molecule has 0 spiro atoms. The number of anilines is 1. The second-order valence-electron chi connectivity index (χ2n) is 2.68. The lowest BCUT2D eigenvalue weighted by atomic mass is 10.3. The Morgan fingerprint density at radius 3 is 2.80 bits per heavy atom. The van der Waals surface area contributed by atoms with Gasteiger partial charge < -0.3 is 10.5 Å². The molecule has 0 fully saturated rings. The minimum atomic E-state index is -0.300.